The lowest BCUT2D eigenvalue weighted by Crippen LogP contribution is -2.35. The van der Waals surface area contributed by atoms with Crippen molar-refractivity contribution in [3.8, 4) is 0 Å². The Morgan fingerprint density at radius 1 is 1.06 bits per heavy atom. The van der Waals surface area contributed by atoms with E-state index in [9.17, 15) is 14.4 Å². The van der Waals surface area contributed by atoms with Gasteiger partial charge in [0, 0.05) is 37.2 Å². The van der Waals surface area contributed by atoms with Crippen molar-refractivity contribution in [3.63, 3.8) is 0 Å². The number of hydrogen-bond acceptors (Lipinski definition) is 6. The van der Waals surface area contributed by atoms with E-state index < -0.39 is 23.8 Å². The van der Waals surface area contributed by atoms with Crippen LogP contribution in [0.15, 0.2) is 42.5 Å². The number of benzene rings is 2. The Morgan fingerprint density at radius 3 is 2.44 bits per heavy atom. The average molecular weight is 473 g/mol. The number of carbonyl (C=O) groups is 3. The number of nitrogens with zero attached hydrogens (tertiary/aromatic N) is 3. The summed E-state index contributed by atoms with van der Waals surface area (Å²) in [5.41, 5.74) is 0.250. The summed E-state index contributed by atoms with van der Waals surface area (Å²) in [5.74, 6) is -2.03. The van der Waals surface area contributed by atoms with Gasteiger partial charge in [0.2, 0.25) is 0 Å². The Labute approximate surface area is 195 Å². The molecule has 2 aliphatic heterocycles. The second-order valence-electron chi connectivity index (χ2n) is 8.21. The van der Waals surface area contributed by atoms with E-state index in [2.05, 4.69) is 0 Å². The van der Waals surface area contributed by atoms with Gasteiger partial charge in [0.25, 0.3) is 5.91 Å². The number of anilines is 2. The van der Waals surface area contributed by atoms with Gasteiger partial charge in [0.05, 0.1) is 25.4 Å². The minimum atomic E-state index is -0.835. The van der Waals surface area contributed by atoms with Crippen LogP contribution in [0.1, 0.15) is 30.1 Å². The molecule has 8 nitrogen and oxygen atoms in total. The molecular formula is C24H25F2N3O5. The third kappa shape index (κ3) is 5.17. The van der Waals surface area contributed by atoms with Gasteiger partial charge < -0.3 is 14.4 Å². The van der Waals surface area contributed by atoms with Crippen LogP contribution < -0.4 is 9.80 Å². The average Bonchev–Trinajstić information content (AvgIpc) is 3.02. The molecule has 0 aromatic heterocycles. The minimum absolute atomic E-state index is 0.0265. The van der Waals surface area contributed by atoms with Crippen molar-refractivity contribution in [2.45, 2.75) is 25.9 Å². The topological polar surface area (TPSA) is 79.4 Å². The van der Waals surface area contributed by atoms with Crippen LogP contribution in [0.4, 0.5) is 25.0 Å². The molecule has 2 aromatic rings. The van der Waals surface area contributed by atoms with E-state index in [0.717, 1.165) is 17.0 Å². The predicted molar refractivity (Wildman–Crippen MR) is 120 cm³/mol. The second kappa shape index (κ2) is 10.2. The van der Waals surface area contributed by atoms with Crippen LogP contribution in [0.2, 0.25) is 0 Å². The minimum Gasteiger partial charge on any atom is -0.444 e. The van der Waals surface area contributed by atoms with Gasteiger partial charge in [-0.1, -0.05) is 18.2 Å². The quantitative estimate of drug-likeness (QED) is 0.639. The lowest BCUT2D eigenvalue weighted by molar-refractivity contribution is -0.117. The van der Waals surface area contributed by atoms with Crippen molar-refractivity contribution in [1.29, 1.82) is 0 Å². The maximum Gasteiger partial charge on any atom is 0.414 e. The van der Waals surface area contributed by atoms with Crippen LogP contribution in [0.3, 0.4) is 0 Å². The van der Waals surface area contributed by atoms with Crippen LogP contribution in [-0.2, 0) is 14.4 Å². The number of Topliss-reactive ketones (excluding diaryl/α,β-unsaturated/α-hetero) is 1. The largest absolute Gasteiger partial charge is 0.444 e. The number of hydrogen-bond donors (Lipinski definition) is 0. The zero-order valence-electron chi connectivity index (χ0n) is 18.7. The van der Waals surface area contributed by atoms with Crippen molar-refractivity contribution < 1.29 is 32.7 Å². The standard InChI is InChI=1S/C24H25F2N3O5/c1-16(30)7-8-19-15-28(24(32)34-19)18-13-20(25)22(21(26)14-18)27-9-10-29(33-12-11-27)23(31)17-5-3-2-4-6-17/h2-6,13-14,19H,7-12,15H2,1H3/t19-/m0/s1. The van der Waals surface area contributed by atoms with Crippen molar-refractivity contribution in [2.24, 2.45) is 0 Å². The van der Waals surface area contributed by atoms with Gasteiger partial charge in [-0.25, -0.2) is 18.6 Å². The number of amides is 2. The van der Waals surface area contributed by atoms with Crippen LogP contribution in [0.5, 0.6) is 0 Å². The summed E-state index contributed by atoms with van der Waals surface area (Å²) >= 11 is 0. The number of rotatable bonds is 6. The molecule has 34 heavy (non-hydrogen) atoms. The Bertz CT molecular complexity index is 1060. The van der Waals surface area contributed by atoms with Gasteiger partial charge in [-0.3, -0.25) is 14.5 Å². The predicted octanol–water partition coefficient (Wildman–Crippen LogP) is 3.55. The first-order valence-corrected chi connectivity index (χ1v) is 11.0. The van der Waals surface area contributed by atoms with Crippen molar-refractivity contribution in [3.05, 3.63) is 59.7 Å². The molecule has 0 aliphatic carbocycles. The molecule has 2 heterocycles. The number of carbonyl (C=O) groups excluding carboxylic acids is 3. The number of cyclic esters (lactones) is 1. The molecule has 2 aromatic carbocycles. The molecule has 10 heteroatoms. The fraction of sp³-hybridized carbons (Fsp3) is 0.375. The molecule has 0 saturated carbocycles. The molecule has 180 valence electrons. The zero-order chi connectivity index (χ0) is 24.2. The lowest BCUT2D eigenvalue weighted by Gasteiger charge is -2.24. The fourth-order valence-electron chi connectivity index (χ4n) is 4.01. The summed E-state index contributed by atoms with van der Waals surface area (Å²) < 4.78 is 35.3. The molecule has 1 atom stereocenters. The van der Waals surface area contributed by atoms with Gasteiger partial charge in [0.1, 0.15) is 17.6 Å². The number of ether oxygens (including phenoxy) is 1. The molecular weight excluding hydrogens is 448 g/mol. The van der Waals surface area contributed by atoms with Crippen molar-refractivity contribution in [2.75, 3.05) is 42.6 Å². The summed E-state index contributed by atoms with van der Waals surface area (Å²) in [4.78, 5) is 44.2. The molecule has 2 fully saturated rings. The molecule has 0 unspecified atom stereocenters. The molecule has 2 saturated heterocycles. The first kappa shape index (κ1) is 23.6. The first-order chi connectivity index (χ1) is 16.3. The van der Waals surface area contributed by atoms with E-state index >= 15 is 8.78 Å². The number of hydroxylamine groups is 2. The molecule has 0 radical (unpaired) electrons. The fourth-order valence-corrected chi connectivity index (χ4v) is 4.01. The highest BCUT2D eigenvalue weighted by Crippen LogP contribution is 2.32. The summed E-state index contributed by atoms with van der Waals surface area (Å²) in [6.45, 7) is 2.07. The van der Waals surface area contributed by atoms with Crippen LogP contribution >= 0.6 is 0 Å². The SMILES string of the molecule is CC(=O)CC[C@H]1CN(c2cc(F)c(N3CCON(C(=O)c4ccccc4)CC3)c(F)c2)C(=O)O1. The highest BCUT2D eigenvalue weighted by Gasteiger charge is 2.34. The summed E-state index contributed by atoms with van der Waals surface area (Å²) in [6, 6.07) is 10.8. The van der Waals surface area contributed by atoms with Gasteiger partial charge in [-0.2, -0.15) is 0 Å². The first-order valence-electron chi connectivity index (χ1n) is 11.0. The van der Waals surface area contributed by atoms with Crippen LogP contribution in [-0.4, -0.2) is 61.7 Å². The van der Waals surface area contributed by atoms with Crippen molar-refractivity contribution in [1.82, 2.24) is 5.06 Å². The van der Waals surface area contributed by atoms with Crippen LogP contribution in [0, 0.1) is 11.6 Å². The van der Waals surface area contributed by atoms with Crippen LogP contribution in [0.25, 0.3) is 0 Å². The summed E-state index contributed by atoms with van der Waals surface area (Å²) in [6.07, 6.45) is -0.614. The van der Waals surface area contributed by atoms with E-state index in [-0.39, 0.29) is 62.3 Å². The zero-order valence-corrected chi connectivity index (χ0v) is 18.7. The summed E-state index contributed by atoms with van der Waals surface area (Å²) in [7, 11) is 0. The maximum atomic E-state index is 15.1. The lowest BCUT2D eigenvalue weighted by atomic mass is 10.1. The highest BCUT2D eigenvalue weighted by molar-refractivity contribution is 5.93. The van der Waals surface area contributed by atoms with E-state index in [1.54, 1.807) is 30.3 Å². The Morgan fingerprint density at radius 2 is 1.76 bits per heavy atom. The normalized spacial score (nSPS) is 18.6. The Kier molecular flexibility index (Phi) is 7.06. The summed E-state index contributed by atoms with van der Waals surface area (Å²) in [5, 5.41) is 1.20. The van der Waals surface area contributed by atoms with E-state index in [0.29, 0.717) is 12.0 Å². The third-order valence-corrected chi connectivity index (χ3v) is 5.75. The Hall–Kier alpha value is -3.53. The van der Waals surface area contributed by atoms with Gasteiger partial charge in [-0.15, -0.1) is 0 Å². The van der Waals surface area contributed by atoms with Gasteiger partial charge >= 0.3 is 6.09 Å². The monoisotopic (exact) mass is 473 g/mol. The van der Waals surface area contributed by atoms with E-state index in [1.807, 2.05) is 0 Å². The van der Waals surface area contributed by atoms with E-state index in [4.69, 9.17) is 9.57 Å². The highest BCUT2D eigenvalue weighted by atomic mass is 19.1. The second-order valence-corrected chi connectivity index (χ2v) is 8.21. The number of halogens is 2. The molecule has 4 rings (SSSR count). The molecule has 0 bridgehead atoms. The molecule has 0 N–H and O–H groups in total. The third-order valence-electron chi connectivity index (χ3n) is 5.75. The molecule has 2 amide bonds. The van der Waals surface area contributed by atoms with Gasteiger partial charge in [0.15, 0.2) is 11.6 Å². The molecule has 0 spiro atoms. The number of ketones is 1. The smallest absolute Gasteiger partial charge is 0.414 e. The maximum absolute atomic E-state index is 15.1. The van der Waals surface area contributed by atoms with E-state index in [1.165, 1.54) is 16.9 Å². The van der Waals surface area contributed by atoms with Gasteiger partial charge in [-0.05, 0) is 25.5 Å². The Balaban J connectivity index is 1.45. The van der Waals surface area contributed by atoms with Crippen molar-refractivity contribution >= 4 is 29.2 Å². The molecule has 2 aliphatic rings.